The van der Waals surface area contributed by atoms with Gasteiger partial charge in [-0.1, -0.05) is 0 Å². The van der Waals surface area contributed by atoms with Crippen molar-refractivity contribution in [3.05, 3.63) is 18.2 Å². The lowest BCUT2D eigenvalue weighted by Gasteiger charge is -2.45. The molecule has 1 aromatic rings. The summed E-state index contributed by atoms with van der Waals surface area (Å²) >= 11 is 0. The molecule has 2 fully saturated rings. The highest BCUT2D eigenvalue weighted by Gasteiger charge is 2.72. The Bertz CT molecular complexity index is 661. The van der Waals surface area contributed by atoms with Crippen molar-refractivity contribution in [2.75, 3.05) is 0 Å². The lowest BCUT2D eigenvalue weighted by molar-refractivity contribution is -0.296. The van der Waals surface area contributed by atoms with E-state index in [1.807, 2.05) is 0 Å². The third-order valence-corrected chi connectivity index (χ3v) is 4.21. The average molecular weight is 296 g/mol. The number of hydrogen-bond acceptors (Lipinski definition) is 8. The van der Waals surface area contributed by atoms with Crippen LogP contribution in [-0.2, 0) is 20.3 Å². The summed E-state index contributed by atoms with van der Waals surface area (Å²) in [6, 6.07) is -0.895. The fraction of sp³-hybridized carbons (Fsp3) is 0.545. The van der Waals surface area contributed by atoms with Crippen LogP contribution in [0.1, 0.15) is 18.7 Å². The summed E-state index contributed by atoms with van der Waals surface area (Å²) in [5, 5.41) is 30.4. The largest absolute Gasteiger partial charge is 0.401 e. The summed E-state index contributed by atoms with van der Waals surface area (Å²) in [4.78, 5) is 29.9. The average Bonchev–Trinajstić information content (AvgIpc) is 3.07. The first-order chi connectivity index (χ1) is 9.91. The van der Waals surface area contributed by atoms with E-state index in [1.165, 1.54) is 24.0 Å². The number of aliphatic hydroxyl groups excluding tert-OH is 3. The summed E-state index contributed by atoms with van der Waals surface area (Å²) in [5.41, 5.74) is 0.174. The van der Waals surface area contributed by atoms with Crippen molar-refractivity contribution in [3.63, 3.8) is 0 Å². The van der Waals surface area contributed by atoms with E-state index in [9.17, 15) is 24.9 Å². The molecule has 1 aromatic heterocycles. The smallest absolute Gasteiger partial charge is 0.361 e. The third kappa shape index (κ3) is 1.16. The van der Waals surface area contributed by atoms with Crippen LogP contribution in [0.4, 0.5) is 0 Å². The van der Waals surface area contributed by atoms with Crippen LogP contribution in [-0.4, -0.2) is 65.0 Å². The molecule has 1 spiro atoms. The van der Waals surface area contributed by atoms with Gasteiger partial charge in [-0.3, -0.25) is 9.36 Å². The lowest BCUT2D eigenvalue weighted by Crippen LogP contribution is -2.63. The Morgan fingerprint density at radius 3 is 2.76 bits per heavy atom. The molecule has 21 heavy (non-hydrogen) atoms. The fourth-order valence-corrected chi connectivity index (χ4v) is 3.28. The van der Waals surface area contributed by atoms with E-state index in [0.29, 0.717) is 0 Å². The van der Waals surface area contributed by atoms with Crippen molar-refractivity contribution >= 4 is 11.9 Å². The zero-order valence-corrected chi connectivity index (χ0v) is 10.8. The van der Waals surface area contributed by atoms with Gasteiger partial charge in [-0.05, 0) is 6.92 Å². The van der Waals surface area contributed by atoms with Crippen molar-refractivity contribution in [1.82, 2.24) is 19.4 Å². The van der Waals surface area contributed by atoms with Crippen LogP contribution in [0.5, 0.6) is 0 Å². The zero-order chi connectivity index (χ0) is 15.1. The van der Waals surface area contributed by atoms with E-state index in [-0.39, 0.29) is 5.69 Å². The van der Waals surface area contributed by atoms with Gasteiger partial charge in [0.2, 0.25) is 12.1 Å². The number of esters is 1. The number of ether oxygens (including phenoxy) is 1. The minimum atomic E-state index is -1.84. The number of fused-ring (bicyclic) bond motifs is 1. The van der Waals surface area contributed by atoms with Gasteiger partial charge in [0.15, 0.2) is 0 Å². The van der Waals surface area contributed by atoms with E-state index < -0.39 is 42.5 Å². The van der Waals surface area contributed by atoms with Crippen LogP contribution in [0.15, 0.2) is 12.5 Å². The van der Waals surface area contributed by atoms with Gasteiger partial charge in [-0.15, -0.1) is 0 Å². The van der Waals surface area contributed by atoms with E-state index in [1.54, 1.807) is 0 Å². The van der Waals surface area contributed by atoms with Crippen LogP contribution in [0, 0.1) is 0 Å². The molecule has 0 aromatic carbocycles. The van der Waals surface area contributed by atoms with Crippen molar-refractivity contribution in [1.29, 1.82) is 0 Å². The molecule has 2 saturated heterocycles. The van der Waals surface area contributed by atoms with E-state index in [4.69, 9.17) is 4.74 Å². The van der Waals surface area contributed by atoms with E-state index >= 15 is 0 Å². The molecule has 10 nitrogen and oxygen atoms in total. The number of nitrogens with zero attached hydrogens (tertiary/aromatic N) is 4. The van der Waals surface area contributed by atoms with Gasteiger partial charge in [0, 0.05) is 0 Å². The van der Waals surface area contributed by atoms with Crippen LogP contribution < -0.4 is 0 Å². The van der Waals surface area contributed by atoms with Crippen molar-refractivity contribution in [2.24, 2.45) is 0 Å². The summed E-state index contributed by atoms with van der Waals surface area (Å²) in [6.45, 7) is 1.49. The van der Waals surface area contributed by atoms with Crippen molar-refractivity contribution < 1.29 is 29.6 Å². The Morgan fingerprint density at radius 2 is 2.05 bits per heavy atom. The van der Waals surface area contributed by atoms with Gasteiger partial charge < -0.3 is 20.1 Å². The minimum absolute atomic E-state index is 0.174. The number of hydrogen-bond donors (Lipinski definition) is 3. The molecular weight excluding hydrogens is 284 g/mol. The Kier molecular flexibility index (Phi) is 2.18. The molecule has 0 aliphatic carbocycles. The second-order valence-electron chi connectivity index (χ2n) is 5.21. The van der Waals surface area contributed by atoms with Crippen molar-refractivity contribution in [3.8, 4) is 0 Å². The van der Waals surface area contributed by atoms with E-state index in [0.717, 1.165) is 9.80 Å². The van der Waals surface area contributed by atoms with Gasteiger partial charge >= 0.3 is 11.9 Å². The number of rotatable bonds is 0. The molecule has 3 aliphatic heterocycles. The minimum Gasteiger partial charge on any atom is -0.401 e. The lowest BCUT2D eigenvalue weighted by atomic mass is 10.1. The first-order valence-corrected chi connectivity index (χ1v) is 6.32. The molecule has 4 rings (SSSR count). The molecule has 5 unspecified atom stereocenters. The van der Waals surface area contributed by atoms with Crippen molar-refractivity contribution in [2.45, 2.75) is 37.5 Å². The molecule has 5 atom stereocenters. The molecule has 0 radical (unpaired) electrons. The topological polar surface area (TPSA) is 128 Å². The maximum Gasteiger partial charge on any atom is 0.361 e. The van der Waals surface area contributed by atoms with Gasteiger partial charge in [0.25, 0.3) is 0 Å². The Balaban J connectivity index is 2.02. The molecule has 112 valence electrons. The summed E-state index contributed by atoms with van der Waals surface area (Å²) < 4.78 is 6.49. The summed E-state index contributed by atoms with van der Waals surface area (Å²) in [6.07, 6.45) is -2.03. The number of imidazole rings is 1. The first-order valence-electron chi connectivity index (χ1n) is 6.32. The van der Waals surface area contributed by atoms with Gasteiger partial charge in [0.05, 0.1) is 17.9 Å². The zero-order valence-electron chi connectivity index (χ0n) is 10.8. The van der Waals surface area contributed by atoms with Gasteiger partial charge in [0.1, 0.15) is 18.7 Å². The second kappa shape index (κ2) is 3.60. The maximum atomic E-state index is 12.4. The SMILES string of the molecule is CC1C(=O)N2C(O)C(=O)OC23N1C(O)C(O)c1cncn13. The fourth-order valence-electron chi connectivity index (χ4n) is 3.28. The van der Waals surface area contributed by atoms with Crippen LogP contribution in [0.25, 0.3) is 0 Å². The molecule has 4 heterocycles. The van der Waals surface area contributed by atoms with Gasteiger partial charge in [-0.2, -0.15) is 4.90 Å². The van der Waals surface area contributed by atoms with Crippen LogP contribution >= 0.6 is 0 Å². The standard InChI is InChI=1S/C11H12N4O6/c1-4-7(17)15-9(19)10(20)21-11(15)13-3-12-2-5(13)6(16)8(18)14(4)11/h2-4,6,8-9,16,18-19H,1H3. The summed E-state index contributed by atoms with van der Waals surface area (Å²) in [7, 11) is 0. The molecule has 10 heteroatoms. The number of carbonyl (C=O) groups is 2. The molecular formula is C11H12N4O6. The molecule has 1 amide bonds. The quantitative estimate of drug-likeness (QED) is 0.439. The molecule has 3 aliphatic rings. The second-order valence-corrected chi connectivity index (χ2v) is 5.21. The Hall–Kier alpha value is -2.01. The highest BCUT2D eigenvalue weighted by atomic mass is 16.6. The number of aliphatic hydroxyl groups is 3. The number of carbonyl (C=O) groups excluding carboxylic acids is 2. The first kappa shape index (κ1) is 12.7. The Morgan fingerprint density at radius 1 is 1.33 bits per heavy atom. The Labute approximate surface area is 117 Å². The van der Waals surface area contributed by atoms with Gasteiger partial charge in [-0.25, -0.2) is 14.7 Å². The van der Waals surface area contributed by atoms with Crippen LogP contribution in [0.2, 0.25) is 0 Å². The predicted molar refractivity (Wildman–Crippen MR) is 61.4 cm³/mol. The highest BCUT2D eigenvalue weighted by molar-refractivity contribution is 5.91. The maximum absolute atomic E-state index is 12.4. The highest BCUT2D eigenvalue weighted by Crippen LogP contribution is 2.49. The normalized spacial score (nSPS) is 41.8. The third-order valence-electron chi connectivity index (χ3n) is 4.21. The molecule has 3 N–H and O–H groups in total. The van der Waals surface area contributed by atoms with Crippen LogP contribution in [0.3, 0.4) is 0 Å². The summed E-state index contributed by atoms with van der Waals surface area (Å²) in [5.74, 6) is -3.44. The molecule has 0 saturated carbocycles. The predicted octanol–water partition coefficient (Wildman–Crippen LogP) is -2.78. The molecule has 0 bridgehead atoms. The monoisotopic (exact) mass is 296 g/mol. The van der Waals surface area contributed by atoms with E-state index in [2.05, 4.69) is 4.98 Å². The number of amides is 1. The number of aromatic nitrogens is 2.